The SMILES string of the molecule is O=[N+]([O-])c1cccc(/C=C/C=NNc2nc(Nc3ccccc3)nc(Nc3ccccc3)n2)c1. The average Bonchev–Trinajstić information content (AvgIpc) is 2.85. The van der Waals surface area contributed by atoms with E-state index in [0.717, 1.165) is 11.4 Å². The summed E-state index contributed by atoms with van der Waals surface area (Å²) >= 11 is 0. The second-order valence-electron chi connectivity index (χ2n) is 6.89. The van der Waals surface area contributed by atoms with Gasteiger partial charge < -0.3 is 10.6 Å². The third kappa shape index (κ3) is 6.44. The van der Waals surface area contributed by atoms with Gasteiger partial charge in [0, 0.05) is 29.7 Å². The molecule has 0 unspecified atom stereocenters. The highest BCUT2D eigenvalue weighted by Crippen LogP contribution is 2.18. The number of hydrogen-bond donors (Lipinski definition) is 3. The fourth-order valence-electron chi connectivity index (χ4n) is 2.87. The first-order chi connectivity index (χ1) is 16.7. The maximum atomic E-state index is 10.9. The zero-order chi connectivity index (χ0) is 23.6. The number of para-hydroxylation sites is 2. The van der Waals surface area contributed by atoms with E-state index in [9.17, 15) is 10.1 Å². The van der Waals surface area contributed by atoms with E-state index in [1.165, 1.54) is 18.3 Å². The number of rotatable bonds is 9. The summed E-state index contributed by atoms with van der Waals surface area (Å²) in [5.41, 5.74) is 5.15. The van der Waals surface area contributed by atoms with Crippen LogP contribution in [0, 0.1) is 10.1 Å². The molecule has 4 aromatic rings. The van der Waals surface area contributed by atoms with Crippen LogP contribution < -0.4 is 16.1 Å². The van der Waals surface area contributed by atoms with Gasteiger partial charge in [-0.3, -0.25) is 10.1 Å². The second-order valence-corrected chi connectivity index (χ2v) is 6.89. The minimum Gasteiger partial charge on any atom is -0.324 e. The van der Waals surface area contributed by atoms with Crippen LogP contribution in [0.5, 0.6) is 0 Å². The van der Waals surface area contributed by atoms with Crippen LogP contribution in [-0.2, 0) is 0 Å². The van der Waals surface area contributed by atoms with Gasteiger partial charge in [0.05, 0.1) is 4.92 Å². The monoisotopic (exact) mass is 452 g/mol. The molecule has 0 aliphatic rings. The molecule has 0 spiro atoms. The lowest BCUT2D eigenvalue weighted by atomic mass is 10.2. The number of aromatic nitrogens is 3. The van der Waals surface area contributed by atoms with E-state index < -0.39 is 4.92 Å². The quantitative estimate of drug-likeness (QED) is 0.175. The van der Waals surface area contributed by atoms with Gasteiger partial charge in [0.25, 0.3) is 5.69 Å². The van der Waals surface area contributed by atoms with E-state index in [1.54, 1.807) is 24.3 Å². The molecule has 1 aromatic heterocycles. The Morgan fingerprint density at radius 2 is 1.35 bits per heavy atom. The summed E-state index contributed by atoms with van der Waals surface area (Å²) in [6.07, 6.45) is 4.85. The van der Waals surface area contributed by atoms with Crippen molar-refractivity contribution in [3.05, 3.63) is 107 Å². The van der Waals surface area contributed by atoms with Gasteiger partial charge in [-0.1, -0.05) is 54.6 Å². The minimum absolute atomic E-state index is 0.0271. The van der Waals surface area contributed by atoms with Crippen LogP contribution in [0.3, 0.4) is 0 Å². The molecule has 168 valence electrons. The molecule has 10 heteroatoms. The molecule has 0 amide bonds. The van der Waals surface area contributed by atoms with Crippen molar-refractivity contribution in [2.45, 2.75) is 0 Å². The van der Waals surface area contributed by atoms with Crippen molar-refractivity contribution < 1.29 is 4.92 Å². The topological polar surface area (TPSA) is 130 Å². The number of nitro benzene ring substituents is 1. The molecule has 0 radical (unpaired) electrons. The number of hydrazone groups is 1. The van der Waals surface area contributed by atoms with Gasteiger partial charge in [-0.25, -0.2) is 5.43 Å². The Balaban J connectivity index is 1.49. The van der Waals surface area contributed by atoms with Gasteiger partial charge in [0.2, 0.25) is 17.8 Å². The van der Waals surface area contributed by atoms with Crippen LogP contribution in [0.1, 0.15) is 5.56 Å². The summed E-state index contributed by atoms with van der Waals surface area (Å²) in [5, 5.41) is 21.3. The first-order valence-electron chi connectivity index (χ1n) is 10.3. The maximum absolute atomic E-state index is 10.9. The molecule has 0 aliphatic carbocycles. The van der Waals surface area contributed by atoms with Crippen LogP contribution in [0.2, 0.25) is 0 Å². The van der Waals surface area contributed by atoms with E-state index in [1.807, 2.05) is 60.7 Å². The van der Waals surface area contributed by atoms with E-state index in [4.69, 9.17) is 0 Å². The molecular formula is C24H20N8O2. The van der Waals surface area contributed by atoms with Crippen molar-refractivity contribution in [2.24, 2.45) is 5.10 Å². The predicted molar refractivity (Wildman–Crippen MR) is 134 cm³/mol. The summed E-state index contributed by atoms with van der Waals surface area (Å²) in [6, 6.07) is 25.4. The minimum atomic E-state index is -0.435. The first kappa shape index (κ1) is 22.1. The normalized spacial score (nSPS) is 10.9. The Kier molecular flexibility index (Phi) is 7.12. The number of non-ortho nitro benzene ring substituents is 1. The van der Waals surface area contributed by atoms with Crippen molar-refractivity contribution in [3.8, 4) is 0 Å². The highest BCUT2D eigenvalue weighted by Gasteiger charge is 2.07. The number of nitro groups is 1. The van der Waals surface area contributed by atoms with Crippen LogP contribution in [-0.4, -0.2) is 26.1 Å². The highest BCUT2D eigenvalue weighted by atomic mass is 16.6. The van der Waals surface area contributed by atoms with Crippen molar-refractivity contribution in [1.82, 2.24) is 15.0 Å². The lowest BCUT2D eigenvalue weighted by Crippen LogP contribution is -2.07. The van der Waals surface area contributed by atoms with Crippen LogP contribution >= 0.6 is 0 Å². The first-order valence-corrected chi connectivity index (χ1v) is 10.3. The van der Waals surface area contributed by atoms with Gasteiger partial charge in [-0.15, -0.1) is 0 Å². The van der Waals surface area contributed by atoms with E-state index in [-0.39, 0.29) is 11.6 Å². The summed E-state index contributed by atoms with van der Waals surface area (Å²) in [5.74, 6) is 0.904. The summed E-state index contributed by atoms with van der Waals surface area (Å²) in [4.78, 5) is 23.6. The number of nitrogens with zero attached hydrogens (tertiary/aromatic N) is 5. The van der Waals surface area contributed by atoms with Gasteiger partial charge in [0.15, 0.2) is 0 Å². The molecule has 3 aromatic carbocycles. The molecule has 34 heavy (non-hydrogen) atoms. The number of anilines is 5. The van der Waals surface area contributed by atoms with Gasteiger partial charge in [-0.05, 0) is 35.9 Å². The maximum Gasteiger partial charge on any atom is 0.270 e. The molecular weight excluding hydrogens is 432 g/mol. The Morgan fingerprint density at radius 3 is 1.94 bits per heavy atom. The fraction of sp³-hybridized carbons (Fsp3) is 0. The van der Waals surface area contributed by atoms with Gasteiger partial charge in [0.1, 0.15) is 0 Å². The second kappa shape index (κ2) is 11.0. The smallest absolute Gasteiger partial charge is 0.270 e. The lowest BCUT2D eigenvalue weighted by molar-refractivity contribution is -0.384. The summed E-state index contributed by atoms with van der Waals surface area (Å²) in [6.45, 7) is 0. The third-order valence-electron chi connectivity index (χ3n) is 4.39. The summed E-state index contributed by atoms with van der Waals surface area (Å²) < 4.78 is 0. The van der Waals surface area contributed by atoms with Gasteiger partial charge >= 0.3 is 0 Å². The Bertz CT molecular complexity index is 1250. The fourth-order valence-corrected chi connectivity index (χ4v) is 2.87. The Hall–Kier alpha value is -5.12. The molecule has 4 rings (SSSR count). The third-order valence-corrected chi connectivity index (χ3v) is 4.39. The number of benzene rings is 3. The molecule has 1 heterocycles. The van der Waals surface area contributed by atoms with E-state index in [2.05, 4.69) is 36.1 Å². The molecule has 0 fully saturated rings. The van der Waals surface area contributed by atoms with E-state index in [0.29, 0.717) is 17.5 Å². The average molecular weight is 452 g/mol. The molecule has 0 bridgehead atoms. The van der Waals surface area contributed by atoms with Crippen LogP contribution in [0.25, 0.3) is 6.08 Å². The molecule has 3 N–H and O–H groups in total. The highest BCUT2D eigenvalue weighted by molar-refractivity contribution is 5.79. The van der Waals surface area contributed by atoms with Crippen molar-refractivity contribution in [3.63, 3.8) is 0 Å². The van der Waals surface area contributed by atoms with E-state index >= 15 is 0 Å². The van der Waals surface area contributed by atoms with Crippen molar-refractivity contribution in [1.29, 1.82) is 0 Å². The van der Waals surface area contributed by atoms with Gasteiger partial charge in [-0.2, -0.15) is 20.1 Å². The number of allylic oxidation sites excluding steroid dienone is 1. The van der Waals surface area contributed by atoms with Crippen LogP contribution in [0.4, 0.5) is 34.9 Å². The molecule has 0 atom stereocenters. The Morgan fingerprint density at radius 1 is 0.765 bits per heavy atom. The summed E-state index contributed by atoms with van der Waals surface area (Å²) in [7, 11) is 0. The molecule has 0 saturated heterocycles. The Labute approximate surface area is 195 Å². The zero-order valence-corrected chi connectivity index (χ0v) is 17.9. The standard InChI is InChI=1S/C24H20N8O2/c33-32(34)21-15-7-9-18(17-21)10-8-16-25-31-24-29-22(26-19-11-3-1-4-12-19)28-23(30-24)27-20-13-5-2-6-14-20/h1-17H,(H3,26,27,28,29,30,31)/b10-8+,25-16?. The zero-order valence-electron chi connectivity index (χ0n) is 17.9. The molecule has 0 saturated carbocycles. The van der Waals surface area contributed by atoms with Crippen molar-refractivity contribution >= 4 is 47.2 Å². The van der Waals surface area contributed by atoms with Crippen molar-refractivity contribution in [2.75, 3.05) is 16.1 Å². The largest absolute Gasteiger partial charge is 0.324 e. The van der Waals surface area contributed by atoms with Crippen LogP contribution in [0.15, 0.2) is 96.1 Å². The predicted octanol–water partition coefficient (Wildman–Crippen LogP) is 5.38. The number of nitrogens with one attached hydrogen (secondary N) is 3. The molecule has 0 aliphatic heterocycles. The molecule has 10 nitrogen and oxygen atoms in total. The number of hydrogen-bond acceptors (Lipinski definition) is 9. The lowest BCUT2D eigenvalue weighted by Gasteiger charge is -2.10.